The summed E-state index contributed by atoms with van der Waals surface area (Å²) >= 11 is 0. The molecule has 0 unspecified atom stereocenters. The fourth-order valence-corrected chi connectivity index (χ4v) is 2.42. The van der Waals surface area contributed by atoms with Gasteiger partial charge in [0, 0.05) is 24.2 Å². The molecule has 0 amide bonds. The number of benzene rings is 2. The van der Waals surface area contributed by atoms with Crippen molar-refractivity contribution in [3.05, 3.63) is 58.6 Å². The van der Waals surface area contributed by atoms with E-state index in [0.29, 0.717) is 18.8 Å². The Morgan fingerprint density at radius 1 is 1.18 bits per heavy atom. The van der Waals surface area contributed by atoms with Gasteiger partial charge in [0.2, 0.25) is 0 Å². The lowest BCUT2D eigenvalue weighted by Gasteiger charge is -2.07. The second-order valence-electron chi connectivity index (χ2n) is 4.79. The molecular weight excluding hydrogens is 280 g/mol. The molecule has 108 valence electrons. The monoisotopic (exact) mass is 292 g/mol. The summed E-state index contributed by atoms with van der Waals surface area (Å²) in [6, 6.07) is 16.1. The van der Waals surface area contributed by atoms with Crippen LogP contribution in [0.4, 0.5) is 5.69 Å². The second-order valence-corrected chi connectivity index (χ2v) is 4.79. The summed E-state index contributed by atoms with van der Waals surface area (Å²) in [6.07, 6.45) is 0.375. The summed E-state index contributed by atoms with van der Waals surface area (Å²) in [5.41, 5.74) is 2.63. The largest absolute Gasteiger partial charge is 0.323 e. The van der Waals surface area contributed by atoms with E-state index in [-0.39, 0.29) is 5.69 Å². The third kappa shape index (κ3) is 2.40. The Morgan fingerprint density at radius 3 is 2.59 bits per heavy atom. The van der Waals surface area contributed by atoms with Crippen molar-refractivity contribution in [2.24, 2.45) is 0 Å². The van der Waals surface area contributed by atoms with Gasteiger partial charge in [-0.1, -0.05) is 12.1 Å². The minimum atomic E-state index is -0.428. The maximum absolute atomic E-state index is 10.7. The number of nitro groups is 1. The summed E-state index contributed by atoms with van der Waals surface area (Å²) in [5, 5.41) is 19.6. The summed E-state index contributed by atoms with van der Waals surface area (Å²) < 4.78 is 1.97. The molecule has 0 saturated carbocycles. The fraction of sp³-hybridized carbons (Fsp3) is 0.125. The molecule has 0 N–H and O–H groups in total. The number of nitro benzene ring substituents is 1. The Balaban J connectivity index is 2.12. The van der Waals surface area contributed by atoms with Crippen molar-refractivity contribution in [1.29, 1.82) is 5.26 Å². The maximum atomic E-state index is 10.7. The molecule has 1 heterocycles. The lowest BCUT2D eigenvalue weighted by Crippen LogP contribution is -2.00. The van der Waals surface area contributed by atoms with Crippen LogP contribution >= 0.6 is 0 Å². The van der Waals surface area contributed by atoms with Crippen LogP contribution in [0.2, 0.25) is 0 Å². The summed E-state index contributed by atoms with van der Waals surface area (Å²) in [5.74, 6) is 0.714. The van der Waals surface area contributed by atoms with E-state index in [1.165, 1.54) is 12.1 Å². The predicted molar refractivity (Wildman–Crippen MR) is 82.1 cm³/mol. The van der Waals surface area contributed by atoms with Crippen LogP contribution in [0.1, 0.15) is 6.42 Å². The van der Waals surface area contributed by atoms with E-state index in [0.717, 1.165) is 16.6 Å². The number of aromatic nitrogens is 2. The Hall–Kier alpha value is -3.20. The number of non-ortho nitro benzene ring substituents is 1. The van der Waals surface area contributed by atoms with Gasteiger partial charge >= 0.3 is 0 Å². The molecule has 6 nitrogen and oxygen atoms in total. The van der Waals surface area contributed by atoms with Crippen molar-refractivity contribution in [3.63, 3.8) is 0 Å². The van der Waals surface area contributed by atoms with Crippen molar-refractivity contribution in [1.82, 2.24) is 9.55 Å². The highest BCUT2D eigenvalue weighted by Crippen LogP contribution is 2.26. The van der Waals surface area contributed by atoms with Crippen LogP contribution in [0, 0.1) is 21.4 Å². The average molecular weight is 292 g/mol. The molecule has 6 heteroatoms. The first-order valence-electron chi connectivity index (χ1n) is 6.78. The fourth-order valence-electron chi connectivity index (χ4n) is 2.42. The standard InChI is InChI=1S/C16H12N4O2/c17-10-3-11-19-15-5-2-1-4-14(15)18-16(19)12-6-8-13(9-7-12)20(21)22/h1-2,4-9H,3,11H2. The van der Waals surface area contributed by atoms with Gasteiger partial charge in [0.25, 0.3) is 5.69 Å². The van der Waals surface area contributed by atoms with E-state index in [1.807, 2.05) is 28.8 Å². The van der Waals surface area contributed by atoms with Crippen LogP contribution in [0.3, 0.4) is 0 Å². The molecule has 0 bridgehead atoms. The minimum Gasteiger partial charge on any atom is -0.323 e. The normalized spacial score (nSPS) is 10.5. The molecule has 0 fully saturated rings. The molecule has 0 aliphatic carbocycles. The smallest absolute Gasteiger partial charge is 0.269 e. The van der Waals surface area contributed by atoms with Crippen molar-refractivity contribution < 1.29 is 4.92 Å². The number of nitrogens with zero attached hydrogens (tertiary/aromatic N) is 4. The number of fused-ring (bicyclic) bond motifs is 1. The molecule has 0 atom stereocenters. The van der Waals surface area contributed by atoms with Gasteiger partial charge in [0.05, 0.1) is 28.4 Å². The van der Waals surface area contributed by atoms with Gasteiger partial charge in [0.1, 0.15) is 5.82 Å². The molecule has 2 aromatic carbocycles. The van der Waals surface area contributed by atoms with Crippen LogP contribution in [0.15, 0.2) is 48.5 Å². The molecular formula is C16H12N4O2. The molecule has 0 spiro atoms. The Labute approximate surface area is 126 Å². The van der Waals surface area contributed by atoms with Gasteiger partial charge in [-0.2, -0.15) is 5.26 Å². The third-order valence-electron chi connectivity index (χ3n) is 3.44. The molecule has 0 radical (unpaired) electrons. The highest BCUT2D eigenvalue weighted by Gasteiger charge is 2.13. The highest BCUT2D eigenvalue weighted by molar-refractivity contribution is 5.80. The number of para-hydroxylation sites is 2. The van der Waals surface area contributed by atoms with E-state index in [1.54, 1.807) is 12.1 Å². The lowest BCUT2D eigenvalue weighted by molar-refractivity contribution is -0.384. The molecule has 0 aliphatic rings. The number of rotatable bonds is 4. The van der Waals surface area contributed by atoms with Gasteiger partial charge in [-0.05, 0) is 24.3 Å². The number of nitriles is 1. The third-order valence-corrected chi connectivity index (χ3v) is 3.44. The van der Waals surface area contributed by atoms with Crippen molar-refractivity contribution in [3.8, 4) is 17.5 Å². The zero-order valence-electron chi connectivity index (χ0n) is 11.6. The topological polar surface area (TPSA) is 84.8 Å². The maximum Gasteiger partial charge on any atom is 0.269 e. The van der Waals surface area contributed by atoms with E-state index in [9.17, 15) is 10.1 Å². The zero-order chi connectivity index (χ0) is 15.5. The summed E-state index contributed by atoms with van der Waals surface area (Å²) in [7, 11) is 0. The van der Waals surface area contributed by atoms with Gasteiger partial charge < -0.3 is 4.57 Å². The predicted octanol–water partition coefficient (Wildman–Crippen LogP) is 3.53. The molecule has 3 aromatic rings. The second kappa shape index (κ2) is 5.66. The zero-order valence-corrected chi connectivity index (χ0v) is 11.6. The van der Waals surface area contributed by atoms with Gasteiger partial charge in [-0.25, -0.2) is 4.98 Å². The molecule has 0 saturated heterocycles. The van der Waals surface area contributed by atoms with Crippen LogP contribution in [0.5, 0.6) is 0 Å². The minimum absolute atomic E-state index is 0.0448. The van der Waals surface area contributed by atoms with Crippen LogP contribution in [-0.4, -0.2) is 14.5 Å². The van der Waals surface area contributed by atoms with Crippen molar-refractivity contribution in [2.45, 2.75) is 13.0 Å². The first-order valence-corrected chi connectivity index (χ1v) is 6.78. The quantitative estimate of drug-likeness (QED) is 0.544. The van der Waals surface area contributed by atoms with Crippen LogP contribution < -0.4 is 0 Å². The lowest BCUT2D eigenvalue weighted by atomic mass is 10.2. The number of hydrogen-bond donors (Lipinski definition) is 0. The number of hydrogen-bond acceptors (Lipinski definition) is 4. The first-order chi connectivity index (χ1) is 10.7. The molecule has 22 heavy (non-hydrogen) atoms. The highest BCUT2D eigenvalue weighted by atomic mass is 16.6. The Morgan fingerprint density at radius 2 is 1.91 bits per heavy atom. The average Bonchev–Trinajstić information content (AvgIpc) is 2.91. The summed E-state index contributed by atoms with van der Waals surface area (Å²) in [4.78, 5) is 14.9. The van der Waals surface area contributed by atoms with E-state index >= 15 is 0 Å². The van der Waals surface area contributed by atoms with E-state index in [2.05, 4.69) is 11.1 Å². The SMILES string of the molecule is N#CCCn1c(-c2ccc([N+](=O)[O-])cc2)nc2ccccc21. The Bertz CT molecular complexity index is 875. The van der Waals surface area contributed by atoms with Crippen molar-refractivity contribution in [2.75, 3.05) is 0 Å². The molecule has 0 aliphatic heterocycles. The van der Waals surface area contributed by atoms with E-state index < -0.39 is 4.92 Å². The Kier molecular flexibility index (Phi) is 3.54. The molecule has 1 aromatic heterocycles. The van der Waals surface area contributed by atoms with Gasteiger partial charge in [-0.15, -0.1) is 0 Å². The van der Waals surface area contributed by atoms with Crippen molar-refractivity contribution >= 4 is 16.7 Å². The summed E-state index contributed by atoms with van der Waals surface area (Å²) in [6.45, 7) is 0.531. The van der Waals surface area contributed by atoms with E-state index in [4.69, 9.17) is 5.26 Å². The molecule has 3 rings (SSSR count). The van der Waals surface area contributed by atoms with Gasteiger partial charge in [-0.3, -0.25) is 10.1 Å². The van der Waals surface area contributed by atoms with Gasteiger partial charge in [0.15, 0.2) is 0 Å². The number of imidazole rings is 1. The van der Waals surface area contributed by atoms with Crippen LogP contribution in [0.25, 0.3) is 22.4 Å². The first kappa shape index (κ1) is 13.8. The van der Waals surface area contributed by atoms with Crippen LogP contribution in [-0.2, 0) is 6.54 Å². The number of aryl methyl sites for hydroxylation is 1.